The number of hydrogen-bond donors (Lipinski definition) is 1. The van der Waals surface area contributed by atoms with E-state index in [2.05, 4.69) is 5.32 Å². The number of piperidine rings is 1. The Labute approximate surface area is 107 Å². The third-order valence-corrected chi connectivity index (χ3v) is 4.42. The minimum atomic E-state index is 0.735. The molecule has 1 saturated carbocycles. The zero-order chi connectivity index (χ0) is 11.8. The maximum atomic E-state index is 5.80. The van der Waals surface area contributed by atoms with Gasteiger partial charge in [0.1, 0.15) is 0 Å². The zero-order valence-electron chi connectivity index (χ0n) is 11.3. The molecule has 2 aliphatic rings. The molecular weight excluding hydrogens is 210 g/mol. The standard InChI is InChI=1S/C15H29NO/c1-2-6-14(7-3-1)9-12-17-13-10-15-8-4-5-11-16-15/h14-16H,1-13H2/t15-/m1/s1. The van der Waals surface area contributed by atoms with Crippen LogP contribution >= 0.6 is 0 Å². The van der Waals surface area contributed by atoms with Gasteiger partial charge in [0.2, 0.25) is 0 Å². The highest BCUT2D eigenvalue weighted by Crippen LogP contribution is 2.26. The van der Waals surface area contributed by atoms with Gasteiger partial charge in [-0.1, -0.05) is 38.5 Å². The van der Waals surface area contributed by atoms with Gasteiger partial charge in [-0.25, -0.2) is 0 Å². The lowest BCUT2D eigenvalue weighted by molar-refractivity contribution is 0.103. The summed E-state index contributed by atoms with van der Waals surface area (Å²) >= 11 is 0. The molecule has 1 aliphatic heterocycles. The summed E-state index contributed by atoms with van der Waals surface area (Å²) in [7, 11) is 0. The molecule has 0 aromatic heterocycles. The minimum absolute atomic E-state index is 0.735. The summed E-state index contributed by atoms with van der Waals surface area (Å²) < 4.78 is 5.80. The first kappa shape index (κ1) is 13.4. The summed E-state index contributed by atoms with van der Waals surface area (Å²) in [5.74, 6) is 0.969. The molecule has 0 bridgehead atoms. The van der Waals surface area contributed by atoms with Crippen LogP contribution in [0.5, 0.6) is 0 Å². The van der Waals surface area contributed by atoms with Gasteiger partial charge in [-0.15, -0.1) is 0 Å². The molecule has 2 heteroatoms. The SMILES string of the molecule is C1CCC(CCOCC[C@H]2CCCCN2)CC1. The van der Waals surface area contributed by atoms with Crippen molar-refractivity contribution in [3.8, 4) is 0 Å². The second-order valence-corrected chi connectivity index (χ2v) is 5.84. The summed E-state index contributed by atoms with van der Waals surface area (Å²) in [6.07, 6.45) is 13.9. The molecule has 1 heterocycles. The van der Waals surface area contributed by atoms with Crippen LogP contribution in [0.4, 0.5) is 0 Å². The van der Waals surface area contributed by atoms with E-state index in [-0.39, 0.29) is 0 Å². The number of nitrogens with one attached hydrogen (secondary N) is 1. The van der Waals surface area contributed by atoms with Crippen molar-refractivity contribution in [1.29, 1.82) is 0 Å². The molecule has 100 valence electrons. The highest BCUT2D eigenvalue weighted by atomic mass is 16.5. The van der Waals surface area contributed by atoms with Gasteiger partial charge < -0.3 is 10.1 Å². The van der Waals surface area contributed by atoms with Crippen molar-refractivity contribution in [2.75, 3.05) is 19.8 Å². The molecule has 0 aromatic rings. The van der Waals surface area contributed by atoms with E-state index in [9.17, 15) is 0 Å². The van der Waals surface area contributed by atoms with Gasteiger partial charge in [0.15, 0.2) is 0 Å². The normalized spacial score (nSPS) is 27.2. The summed E-state index contributed by atoms with van der Waals surface area (Å²) in [4.78, 5) is 0. The van der Waals surface area contributed by atoms with Crippen LogP contribution in [-0.4, -0.2) is 25.8 Å². The van der Waals surface area contributed by atoms with Crippen molar-refractivity contribution in [2.24, 2.45) is 5.92 Å². The fraction of sp³-hybridized carbons (Fsp3) is 1.00. The third-order valence-electron chi connectivity index (χ3n) is 4.42. The Morgan fingerprint density at radius 1 is 0.824 bits per heavy atom. The molecule has 1 N–H and O–H groups in total. The van der Waals surface area contributed by atoms with Crippen molar-refractivity contribution in [2.45, 2.75) is 70.3 Å². The van der Waals surface area contributed by atoms with Crippen molar-refractivity contribution < 1.29 is 4.74 Å². The molecule has 2 fully saturated rings. The lowest BCUT2D eigenvalue weighted by atomic mass is 9.87. The second kappa shape index (κ2) is 8.10. The Balaban J connectivity index is 1.42. The van der Waals surface area contributed by atoms with Crippen molar-refractivity contribution in [1.82, 2.24) is 5.32 Å². The third kappa shape index (κ3) is 5.39. The first-order valence-electron chi connectivity index (χ1n) is 7.76. The van der Waals surface area contributed by atoms with Crippen LogP contribution in [0.2, 0.25) is 0 Å². The van der Waals surface area contributed by atoms with Gasteiger partial charge in [0, 0.05) is 19.3 Å². The molecule has 2 rings (SSSR count). The van der Waals surface area contributed by atoms with Crippen LogP contribution in [0.3, 0.4) is 0 Å². The Hall–Kier alpha value is -0.0800. The van der Waals surface area contributed by atoms with Gasteiger partial charge >= 0.3 is 0 Å². The largest absolute Gasteiger partial charge is 0.381 e. The van der Waals surface area contributed by atoms with E-state index in [1.54, 1.807) is 0 Å². The van der Waals surface area contributed by atoms with Gasteiger partial charge in [-0.05, 0) is 38.1 Å². The average Bonchev–Trinajstić information content (AvgIpc) is 2.41. The van der Waals surface area contributed by atoms with Crippen molar-refractivity contribution in [3.63, 3.8) is 0 Å². The zero-order valence-corrected chi connectivity index (χ0v) is 11.3. The first-order valence-corrected chi connectivity index (χ1v) is 7.76. The Bertz CT molecular complexity index is 163. The second-order valence-electron chi connectivity index (χ2n) is 5.84. The van der Waals surface area contributed by atoms with Crippen LogP contribution in [-0.2, 0) is 4.74 Å². The van der Waals surface area contributed by atoms with E-state index in [1.165, 1.54) is 70.8 Å². The Morgan fingerprint density at radius 2 is 1.59 bits per heavy atom. The predicted octanol–water partition coefficient (Wildman–Crippen LogP) is 3.51. The molecule has 2 nitrogen and oxygen atoms in total. The van der Waals surface area contributed by atoms with Crippen LogP contribution < -0.4 is 5.32 Å². The van der Waals surface area contributed by atoms with Gasteiger partial charge in [0.25, 0.3) is 0 Å². The molecule has 1 saturated heterocycles. The molecular formula is C15H29NO. The smallest absolute Gasteiger partial charge is 0.0480 e. The van der Waals surface area contributed by atoms with Crippen molar-refractivity contribution >= 4 is 0 Å². The molecule has 1 atom stereocenters. The number of rotatable bonds is 6. The number of ether oxygens (including phenoxy) is 1. The van der Waals surface area contributed by atoms with Gasteiger partial charge in [-0.3, -0.25) is 0 Å². The minimum Gasteiger partial charge on any atom is -0.381 e. The fourth-order valence-corrected chi connectivity index (χ4v) is 3.22. The maximum absolute atomic E-state index is 5.80. The van der Waals surface area contributed by atoms with E-state index in [0.717, 1.165) is 25.2 Å². The molecule has 0 aromatic carbocycles. The summed E-state index contributed by atoms with van der Waals surface area (Å²) in [6, 6.07) is 0.735. The summed E-state index contributed by atoms with van der Waals surface area (Å²) in [5.41, 5.74) is 0. The highest BCUT2D eigenvalue weighted by molar-refractivity contribution is 4.71. The lowest BCUT2D eigenvalue weighted by Crippen LogP contribution is -2.34. The van der Waals surface area contributed by atoms with Gasteiger partial charge in [0.05, 0.1) is 0 Å². The lowest BCUT2D eigenvalue weighted by Gasteiger charge is -2.24. The van der Waals surface area contributed by atoms with Crippen LogP contribution in [0.25, 0.3) is 0 Å². The molecule has 1 aliphatic carbocycles. The fourth-order valence-electron chi connectivity index (χ4n) is 3.22. The summed E-state index contributed by atoms with van der Waals surface area (Å²) in [5, 5.41) is 3.58. The van der Waals surface area contributed by atoms with E-state index < -0.39 is 0 Å². The topological polar surface area (TPSA) is 21.3 Å². The highest BCUT2D eigenvalue weighted by Gasteiger charge is 2.14. The van der Waals surface area contributed by atoms with Crippen molar-refractivity contribution in [3.05, 3.63) is 0 Å². The maximum Gasteiger partial charge on any atom is 0.0480 e. The predicted molar refractivity (Wildman–Crippen MR) is 72.3 cm³/mol. The van der Waals surface area contributed by atoms with Crippen LogP contribution in [0, 0.1) is 5.92 Å². The molecule has 17 heavy (non-hydrogen) atoms. The van der Waals surface area contributed by atoms with Crippen LogP contribution in [0.15, 0.2) is 0 Å². The monoisotopic (exact) mass is 239 g/mol. The average molecular weight is 239 g/mol. The van der Waals surface area contributed by atoms with E-state index in [1.807, 2.05) is 0 Å². The van der Waals surface area contributed by atoms with E-state index >= 15 is 0 Å². The summed E-state index contributed by atoms with van der Waals surface area (Å²) in [6.45, 7) is 3.18. The van der Waals surface area contributed by atoms with E-state index in [0.29, 0.717) is 0 Å². The molecule has 0 amide bonds. The quantitative estimate of drug-likeness (QED) is 0.716. The molecule has 0 radical (unpaired) electrons. The molecule has 0 spiro atoms. The molecule has 0 unspecified atom stereocenters. The Kier molecular flexibility index (Phi) is 6.36. The van der Waals surface area contributed by atoms with E-state index in [4.69, 9.17) is 4.74 Å². The van der Waals surface area contributed by atoms with Gasteiger partial charge in [-0.2, -0.15) is 0 Å². The first-order chi connectivity index (χ1) is 8.45. The Morgan fingerprint density at radius 3 is 2.35 bits per heavy atom. The van der Waals surface area contributed by atoms with Crippen LogP contribution in [0.1, 0.15) is 64.2 Å². The number of hydrogen-bond acceptors (Lipinski definition) is 2.